The summed E-state index contributed by atoms with van der Waals surface area (Å²) < 4.78 is 43.5. The SMILES string of the molecule is COc1ccc(CN[C@H]2CC[C@@H](C(F)(F)F)N(C)C2)cc1C#N. The first-order chi connectivity index (χ1) is 10.8. The first-order valence-electron chi connectivity index (χ1n) is 7.42. The second kappa shape index (κ2) is 7.20. The molecule has 0 radical (unpaired) electrons. The third kappa shape index (κ3) is 4.36. The molecular formula is C16H20F3N3O. The maximum Gasteiger partial charge on any atom is 0.404 e. The number of nitriles is 1. The number of nitrogens with one attached hydrogen (secondary N) is 1. The molecule has 0 spiro atoms. The summed E-state index contributed by atoms with van der Waals surface area (Å²) in [5.74, 6) is 0.515. The number of benzene rings is 1. The van der Waals surface area contributed by atoms with E-state index in [1.807, 2.05) is 6.07 Å². The minimum atomic E-state index is -4.17. The van der Waals surface area contributed by atoms with Crippen LogP contribution in [0.1, 0.15) is 24.0 Å². The molecule has 1 saturated heterocycles. The van der Waals surface area contributed by atoms with E-state index in [1.54, 1.807) is 12.1 Å². The Morgan fingerprint density at radius 3 is 2.70 bits per heavy atom. The summed E-state index contributed by atoms with van der Waals surface area (Å²) in [5, 5.41) is 12.3. The van der Waals surface area contributed by atoms with Gasteiger partial charge in [-0.3, -0.25) is 4.90 Å². The maximum atomic E-state index is 12.8. The van der Waals surface area contributed by atoms with E-state index in [2.05, 4.69) is 11.4 Å². The molecule has 1 aromatic rings. The third-order valence-corrected chi connectivity index (χ3v) is 4.19. The van der Waals surface area contributed by atoms with E-state index in [-0.39, 0.29) is 12.5 Å². The second-order valence-corrected chi connectivity index (χ2v) is 5.80. The zero-order chi connectivity index (χ0) is 17.0. The average molecular weight is 327 g/mol. The number of hydrogen-bond acceptors (Lipinski definition) is 4. The van der Waals surface area contributed by atoms with Gasteiger partial charge in [0, 0.05) is 19.1 Å². The van der Waals surface area contributed by atoms with Crippen molar-refractivity contribution in [2.45, 2.75) is 37.6 Å². The zero-order valence-corrected chi connectivity index (χ0v) is 13.2. The van der Waals surface area contributed by atoms with Crippen molar-refractivity contribution in [3.8, 4) is 11.8 Å². The van der Waals surface area contributed by atoms with Crippen LogP contribution in [0.15, 0.2) is 18.2 Å². The van der Waals surface area contributed by atoms with Gasteiger partial charge < -0.3 is 10.1 Å². The molecule has 0 aliphatic carbocycles. The topological polar surface area (TPSA) is 48.3 Å². The highest BCUT2D eigenvalue weighted by atomic mass is 19.4. The molecule has 1 heterocycles. The van der Waals surface area contributed by atoms with Crippen LogP contribution in [0, 0.1) is 11.3 Å². The highest BCUT2D eigenvalue weighted by molar-refractivity contribution is 5.45. The van der Waals surface area contributed by atoms with Crippen LogP contribution in [0.5, 0.6) is 5.75 Å². The van der Waals surface area contributed by atoms with Crippen molar-refractivity contribution in [3.63, 3.8) is 0 Å². The molecule has 0 saturated carbocycles. The van der Waals surface area contributed by atoms with Crippen LogP contribution < -0.4 is 10.1 Å². The van der Waals surface area contributed by atoms with Gasteiger partial charge in [-0.1, -0.05) is 6.07 Å². The fourth-order valence-corrected chi connectivity index (χ4v) is 2.94. The lowest BCUT2D eigenvalue weighted by atomic mass is 9.98. The number of likely N-dealkylation sites (N-methyl/N-ethyl adjacent to an activating group) is 1. The van der Waals surface area contributed by atoms with Crippen LogP contribution in [-0.2, 0) is 6.54 Å². The summed E-state index contributed by atoms with van der Waals surface area (Å²) in [5.41, 5.74) is 1.35. The lowest BCUT2D eigenvalue weighted by molar-refractivity contribution is -0.188. The molecule has 0 aromatic heterocycles. The van der Waals surface area contributed by atoms with Crippen molar-refractivity contribution >= 4 is 0 Å². The van der Waals surface area contributed by atoms with E-state index in [1.165, 1.54) is 19.1 Å². The molecule has 126 valence electrons. The number of likely N-dealkylation sites (tertiary alicyclic amines) is 1. The summed E-state index contributed by atoms with van der Waals surface area (Å²) in [6, 6.07) is 6.02. The molecule has 2 rings (SSSR count). The predicted octanol–water partition coefficient (Wildman–Crippen LogP) is 2.68. The van der Waals surface area contributed by atoms with Crippen molar-refractivity contribution in [2.75, 3.05) is 20.7 Å². The maximum absolute atomic E-state index is 12.8. The third-order valence-electron chi connectivity index (χ3n) is 4.19. The fraction of sp³-hybridized carbons (Fsp3) is 0.562. The van der Waals surface area contributed by atoms with Gasteiger partial charge in [-0.15, -0.1) is 0 Å². The molecule has 4 nitrogen and oxygen atoms in total. The number of halogens is 3. The molecule has 1 N–H and O–H groups in total. The normalized spacial score (nSPS) is 22.6. The van der Waals surface area contributed by atoms with Crippen LogP contribution in [0.25, 0.3) is 0 Å². The number of hydrogen-bond donors (Lipinski definition) is 1. The minimum absolute atomic E-state index is 0.00578. The van der Waals surface area contributed by atoms with Crippen LogP contribution in [0.2, 0.25) is 0 Å². The first kappa shape index (κ1) is 17.6. The molecule has 2 atom stereocenters. The van der Waals surface area contributed by atoms with E-state index >= 15 is 0 Å². The van der Waals surface area contributed by atoms with Gasteiger partial charge in [0.05, 0.1) is 12.7 Å². The Bertz CT molecular complexity index is 583. The number of nitrogens with zero attached hydrogens (tertiary/aromatic N) is 2. The van der Waals surface area contributed by atoms with Crippen LogP contribution in [0.4, 0.5) is 13.2 Å². The zero-order valence-electron chi connectivity index (χ0n) is 13.2. The molecule has 0 amide bonds. The van der Waals surface area contributed by atoms with Gasteiger partial charge in [-0.25, -0.2) is 0 Å². The Balaban J connectivity index is 1.92. The largest absolute Gasteiger partial charge is 0.495 e. The van der Waals surface area contributed by atoms with E-state index < -0.39 is 12.2 Å². The van der Waals surface area contributed by atoms with E-state index in [0.29, 0.717) is 30.8 Å². The van der Waals surface area contributed by atoms with Gasteiger partial charge >= 0.3 is 6.18 Å². The molecule has 0 bridgehead atoms. The highest BCUT2D eigenvalue weighted by Crippen LogP contribution is 2.31. The summed E-state index contributed by atoms with van der Waals surface area (Å²) in [4.78, 5) is 1.36. The lowest BCUT2D eigenvalue weighted by Crippen LogP contribution is -2.53. The molecule has 1 aromatic carbocycles. The average Bonchev–Trinajstić information content (AvgIpc) is 2.51. The van der Waals surface area contributed by atoms with Crippen LogP contribution >= 0.6 is 0 Å². The van der Waals surface area contributed by atoms with Gasteiger partial charge in [0.15, 0.2) is 0 Å². The van der Waals surface area contributed by atoms with Crippen LogP contribution in [-0.4, -0.2) is 43.9 Å². The monoisotopic (exact) mass is 327 g/mol. The highest BCUT2D eigenvalue weighted by Gasteiger charge is 2.44. The molecule has 23 heavy (non-hydrogen) atoms. The van der Waals surface area contributed by atoms with Gasteiger partial charge in [-0.05, 0) is 37.6 Å². The van der Waals surface area contributed by atoms with Gasteiger partial charge in [0.1, 0.15) is 17.9 Å². The van der Waals surface area contributed by atoms with E-state index in [9.17, 15) is 13.2 Å². The quantitative estimate of drug-likeness (QED) is 0.924. The Morgan fingerprint density at radius 2 is 2.13 bits per heavy atom. The Morgan fingerprint density at radius 1 is 1.39 bits per heavy atom. The van der Waals surface area contributed by atoms with Gasteiger partial charge in [-0.2, -0.15) is 18.4 Å². The standard InChI is InChI=1S/C16H20F3N3O/c1-22-10-13(4-6-15(22)16(17,18)19)21-9-11-3-5-14(23-2)12(7-11)8-20/h3,5,7,13,15,21H,4,6,9-10H2,1-2H3/t13-,15-/m0/s1. The Labute approximate surface area is 133 Å². The number of rotatable bonds is 4. The Kier molecular flexibility index (Phi) is 5.50. The lowest BCUT2D eigenvalue weighted by Gasteiger charge is -2.38. The summed E-state index contributed by atoms with van der Waals surface area (Å²) >= 11 is 0. The number of ether oxygens (including phenoxy) is 1. The van der Waals surface area contributed by atoms with Crippen molar-refractivity contribution < 1.29 is 17.9 Å². The molecule has 1 fully saturated rings. The number of alkyl halides is 3. The minimum Gasteiger partial charge on any atom is -0.495 e. The second-order valence-electron chi connectivity index (χ2n) is 5.80. The van der Waals surface area contributed by atoms with Crippen molar-refractivity contribution in [3.05, 3.63) is 29.3 Å². The summed E-state index contributed by atoms with van der Waals surface area (Å²) in [6.45, 7) is 0.860. The number of methoxy groups -OCH3 is 1. The molecular weight excluding hydrogens is 307 g/mol. The molecule has 1 aliphatic heterocycles. The van der Waals surface area contributed by atoms with Crippen molar-refractivity contribution in [1.82, 2.24) is 10.2 Å². The van der Waals surface area contributed by atoms with E-state index in [4.69, 9.17) is 10.00 Å². The van der Waals surface area contributed by atoms with Gasteiger partial charge in [0.25, 0.3) is 0 Å². The molecule has 1 aliphatic rings. The number of piperidine rings is 1. The van der Waals surface area contributed by atoms with E-state index in [0.717, 1.165) is 5.56 Å². The predicted molar refractivity (Wildman–Crippen MR) is 80.0 cm³/mol. The Hall–Kier alpha value is -1.78. The van der Waals surface area contributed by atoms with Crippen LogP contribution in [0.3, 0.4) is 0 Å². The van der Waals surface area contributed by atoms with Crippen molar-refractivity contribution in [2.24, 2.45) is 0 Å². The smallest absolute Gasteiger partial charge is 0.404 e. The van der Waals surface area contributed by atoms with Crippen molar-refractivity contribution in [1.29, 1.82) is 5.26 Å². The summed E-state index contributed by atoms with van der Waals surface area (Å²) in [6.07, 6.45) is -3.59. The van der Waals surface area contributed by atoms with Gasteiger partial charge in [0.2, 0.25) is 0 Å². The molecule has 0 unspecified atom stereocenters. The summed E-state index contributed by atoms with van der Waals surface area (Å²) in [7, 11) is 3.01. The molecule has 7 heteroatoms. The first-order valence-corrected chi connectivity index (χ1v) is 7.42. The fourth-order valence-electron chi connectivity index (χ4n) is 2.94.